The topological polar surface area (TPSA) is 135 Å². The number of fused-ring (bicyclic) bond motifs is 1. The molecule has 1 saturated carbocycles. The molecule has 0 unspecified atom stereocenters. The fourth-order valence-electron chi connectivity index (χ4n) is 6.44. The third-order valence-electron chi connectivity index (χ3n) is 9.19. The molecule has 1 aliphatic rings. The zero-order valence-corrected chi connectivity index (χ0v) is 31.4. The number of nitrogens with two attached hydrogens (primary N) is 1. The lowest BCUT2D eigenvalue weighted by molar-refractivity contribution is 0.123. The molecule has 2 heterocycles. The SMILES string of the molecule is COc1ccc(CN(c2nn(CC(F)F)c3c(-n4c([C@@H](N)Cc5cc(F)cc(F)c5)nc(OCc5ccccc5)cc4=O)ccc(Cl)c23)S(=O)(=O)C2CC2)cc1. The Morgan fingerprint density at radius 3 is 2.29 bits per heavy atom. The van der Waals surface area contributed by atoms with Crippen LogP contribution in [0.3, 0.4) is 0 Å². The lowest BCUT2D eigenvalue weighted by Crippen LogP contribution is -2.34. The van der Waals surface area contributed by atoms with Crippen molar-refractivity contribution in [2.24, 2.45) is 5.73 Å². The van der Waals surface area contributed by atoms with Crippen molar-refractivity contribution in [3.63, 3.8) is 0 Å². The molecule has 2 aromatic heterocycles. The maximum Gasteiger partial charge on any atom is 0.262 e. The largest absolute Gasteiger partial charge is 0.497 e. The number of nitrogens with zero attached hydrogens (tertiary/aromatic N) is 5. The van der Waals surface area contributed by atoms with Crippen LogP contribution < -0.4 is 25.1 Å². The molecule has 11 nitrogen and oxygen atoms in total. The summed E-state index contributed by atoms with van der Waals surface area (Å²) in [5, 5.41) is 3.67. The predicted octanol–water partition coefficient (Wildman–Crippen LogP) is 7.11. The summed E-state index contributed by atoms with van der Waals surface area (Å²) in [6.07, 6.45) is -2.39. The summed E-state index contributed by atoms with van der Waals surface area (Å²) in [5.74, 6) is -1.65. The minimum absolute atomic E-state index is 0.0226. The molecule has 1 fully saturated rings. The molecule has 0 spiro atoms. The average molecular weight is 811 g/mol. The highest BCUT2D eigenvalue weighted by Gasteiger charge is 2.42. The minimum Gasteiger partial charge on any atom is -0.497 e. The van der Waals surface area contributed by atoms with E-state index in [4.69, 9.17) is 26.8 Å². The summed E-state index contributed by atoms with van der Waals surface area (Å²) >= 11 is 6.81. The van der Waals surface area contributed by atoms with Gasteiger partial charge in [0.25, 0.3) is 12.0 Å². The number of halogens is 5. The molecular weight excluding hydrogens is 776 g/mol. The van der Waals surface area contributed by atoms with Crippen LogP contribution in [0.15, 0.2) is 95.8 Å². The predicted molar refractivity (Wildman–Crippen MR) is 203 cm³/mol. The van der Waals surface area contributed by atoms with E-state index >= 15 is 0 Å². The summed E-state index contributed by atoms with van der Waals surface area (Å²) < 4.78 is 99.5. The summed E-state index contributed by atoms with van der Waals surface area (Å²) in [6.45, 7) is -1.20. The van der Waals surface area contributed by atoms with E-state index in [2.05, 4.69) is 10.1 Å². The van der Waals surface area contributed by atoms with Crippen molar-refractivity contribution >= 4 is 38.3 Å². The van der Waals surface area contributed by atoms with Crippen molar-refractivity contribution < 1.29 is 35.5 Å². The first-order valence-electron chi connectivity index (χ1n) is 17.5. The Balaban J connectivity index is 1.43. The Hall–Kier alpha value is -5.45. The third kappa shape index (κ3) is 8.22. The lowest BCUT2D eigenvalue weighted by Gasteiger charge is -2.23. The van der Waals surface area contributed by atoms with Crippen molar-refractivity contribution in [2.75, 3.05) is 11.4 Å². The summed E-state index contributed by atoms with van der Waals surface area (Å²) in [7, 11) is -2.61. The number of hydrogen-bond donors (Lipinski definition) is 1. The molecule has 0 bridgehead atoms. The van der Waals surface area contributed by atoms with Crippen LogP contribution in [0, 0.1) is 11.6 Å². The van der Waals surface area contributed by atoms with Gasteiger partial charge in [0.1, 0.15) is 36.4 Å². The van der Waals surface area contributed by atoms with Gasteiger partial charge < -0.3 is 15.2 Å². The van der Waals surface area contributed by atoms with E-state index in [0.717, 1.165) is 37.3 Å². The van der Waals surface area contributed by atoms with Gasteiger partial charge in [0.15, 0.2) is 5.82 Å². The number of ether oxygens (including phenoxy) is 2. The second-order valence-corrected chi connectivity index (χ2v) is 15.8. The van der Waals surface area contributed by atoms with Crippen LogP contribution in [0.5, 0.6) is 11.6 Å². The Morgan fingerprint density at radius 1 is 0.946 bits per heavy atom. The molecule has 1 atom stereocenters. The van der Waals surface area contributed by atoms with E-state index in [1.807, 2.05) is 6.07 Å². The van der Waals surface area contributed by atoms with Gasteiger partial charge in [-0.1, -0.05) is 54.1 Å². The highest BCUT2D eigenvalue weighted by Crippen LogP contribution is 2.42. The molecule has 0 saturated heterocycles. The van der Waals surface area contributed by atoms with Gasteiger partial charge in [0.05, 0.1) is 52.6 Å². The molecular formula is C39H35ClF4N6O5S. The lowest BCUT2D eigenvalue weighted by atomic mass is 10.0. The van der Waals surface area contributed by atoms with E-state index in [1.54, 1.807) is 48.5 Å². The molecule has 292 valence electrons. The Morgan fingerprint density at radius 2 is 1.64 bits per heavy atom. The van der Waals surface area contributed by atoms with Crippen LogP contribution >= 0.6 is 11.6 Å². The van der Waals surface area contributed by atoms with Crippen molar-refractivity contribution in [2.45, 2.75) is 56.7 Å². The number of benzene rings is 4. The van der Waals surface area contributed by atoms with Crippen molar-refractivity contribution in [3.05, 3.63) is 141 Å². The molecule has 0 amide bonds. The highest BCUT2D eigenvalue weighted by atomic mass is 35.5. The molecule has 0 aliphatic heterocycles. The van der Waals surface area contributed by atoms with Gasteiger partial charge in [-0.3, -0.25) is 14.0 Å². The average Bonchev–Trinajstić information content (AvgIpc) is 3.96. The monoisotopic (exact) mass is 810 g/mol. The van der Waals surface area contributed by atoms with Gasteiger partial charge in [0.2, 0.25) is 15.9 Å². The zero-order valence-electron chi connectivity index (χ0n) is 29.8. The first-order valence-corrected chi connectivity index (χ1v) is 19.3. The Kier molecular flexibility index (Phi) is 11.1. The maximum absolute atomic E-state index is 14.3. The van der Waals surface area contributed by atoms with E-state index in [-0.39, 0.29) is 64.3 Å². The van der Waals surface area contributed by atoms with Gasteiger partial charge in [-0.25, -0.2) is 30.3 Å². The molecule has 2 N–H and O–H groups in total. The third-order valence-corrected chi connectivity index (χ3v) is 11.7. The molecule has 1 aliphatic carbocycles. The smallest absolute Gasteiger partial charge is 0.262 e. The summed E-state index contributed by atoms with van der Waals surface area (Å²) in [6, 6.07) is 21.2. The van der Waals surface area contributed by atoms with Gasteiger partial charge in [0, 0.05) is 6.07 Å². The number of anilines is 1. The van der Waals surface area contributed by atoms with Crippen molar-refractivity contribution in [1.29, 1.82) is 0 Å². The van der Waals surface area contributed by atoms with Gasteiger partial charge in [-0.05, 0) is 72.4 Å². The van der Waals surface area contributed by atoms with Crippen molar-refractivity contribution in [3.8, 4) is 17.3 Å². The Labute approximate surface area is 323 Å². The Bertz CT molecular complexity index is 2530. The van der Waals surface area contributed by atoms with Crippen LogP contribution in [0.4, 0.5) is 23.4 Å². The van der Waals surface area contributed by atoms with E-state index in [9.17, 15) is 30.8 Å². The maximum atomic E-state index is 14.3. The number of aromatic nitrogens is 4. The second kappa shape index (κ2) is 16.0. The number of hydrogen-bond acceptors (Lipinski definition) is 8. The zero-order chi connectivity index (χ0) is 39.7. The normalized spacial score (nSPS) is 13.6. The number of alkyl halides is 2. The highest BCUT2D eigenvalue weighted by molar-refractivity contribution is 7.93. The first kappa shape index (κ1) is 38.8. The number of methoxy groups -OCH3 is 1. The molecule has 56 heavy (non-hydrogen) atoms. The fourth-order valence-corrected chi connectivity index (χ4v) is 8.46. The van der Waals surface area contributed by atoms with Crippen molar-refractivity contribution in [1.82, 2.24) is 19.3 Å². The molecule has 6 aromatic rings. The van der Waals surface area contributed by atoms with Crippen LogP contribution in [-0.2, 0) is 36.1 Å². The minimum atomic E-state index is -4.10. The van der Waals surface area contributed by atoms with Crippen LogP contribution in [0.2, 0.25) is 5.02 Å². The number of sulfonamides is 1. The quantitative estimate of drug-likeness (QED) is 0.109. The van der Waals surface area contributed by atoms with E-state index in [1.165, 1.54) is 19.2 Å². The molecule has 7 rings (SSSR count). The summed E-state index contributed by atoms with van der Waals surface area (Å²) in [4.78, 5) is 18.8. The van der Waals surface area contributed by atoms with E-state index < -0.39 is 51.5 Å². The molecule has 4 aromatic carbocycles. The van der Waals surface area contributed by atoms with Crippen LogP contribution in [-0.4, -0.2) is 46.5 Å². The second-order valence-electron chi connectivity index (χ2n) is 13.3. The van der Waals surface area contributed by atoms with Crippen LogP contribution in [0.25, 0.3) is 16.6 Å². The van der Waals surface area contributed by atoms with Crippen LogP contribution in [0.1, 0.15) is 41.4 Å². The van der Waals surface area contributed by atoms with E-state index in [0.29, 0.717) is 30.2 Å². The standard InChI is InChI=1S/C39H35ClF4N6O5S/c1-54-28-9-7-23(8-10-28)20-49(56(52,53)29-11-12-29)39-36-30(40)13-14-32(37(36)48(47-39)21-33(43)44)50-35(51)19-34(55-22-24-5-3-2-4-6-24)46-38(50)31(45)17-25-15-26(41)18-27(42)16-25/h2-10,13-16,18-19,29,31,33H,11-12,17,20-22,45H2,1H3/t31-/m0/s1. The molecule has 17 heteroatoms. The van der Waals surface area contributed by atoms with Gasteiger partial charge in [-0.15, -0.1) is 0 Å². The fraction of sp³-hybridized carbons (Fsp3) is 0.256. The van der Waals surface area contributed by atoms with Gasteiger partial charge in [-0.2, -0.15) is 10.1 Å². The molecule has 0 radical (unpaired) electrons. The first-order chi connectivity index (χ1) is 26.8. The summed E-state index contributed by atoms with van der Waals surface area (Å²) in [5.41, 5.74) is 7.22. The number of rotatable bonds is 15. The van der Waals surface area contributed by atoms with Gasteiger partial charge >= 0.3 is 0 Å².